The van der Waals surface area contributed by atoms with E-state index in [4.69, 9.17) is 9.90 Å². The van der Waals surface area contributed by atoms with E-state index in [1.165, 1.54) is 0 Å². The first-order valence-electron chi connectivity index (χ1n) is 11.5. The van der Waals surface area contributed by atoms with Crippen LogP contribution in [0.2, 0.25) is 0 Å². The molecule has 14 heteroatoms. The lowest BCUT2D eigenvalue weighted by Crippen LogP contribution is -2.26. The highest BCUT2D eigenvalue weighted by molar-refractivity contribution is 7.09. The predicted molar refractivity (Wildman–Crippen MR) is 136 cm³/mol. The number of fused-ring (bicyclic) bond motifs is 1. The third-order valence-electron chi connectivity index (χ3n) is 5.30. The minimum Gasteiger partial charge on any atom is -0.475 e. The maximum Gasteiger partial charge on any atom is 0.490 e. The van der Waals surface area contributed by atoms with Crippen LogP contribution in [0.5, 0.6) is 0 Å². The van der Waals surface area contributed by atoms with Gasteiger partial charge >= 0.3 is 12.1 Å². The van der Waals surface area contributed by atoms with Crippen LogP contribution in [0.1, 0.15) is 26.8 Å². The minimum absolute atomic E-state index is 0.207. The molecule has 0 aromatic carbocycles. The Morgan fingerprint density at radius 2 is 1.95 bits per heavy atom. The number of hydrogen-bond donors (Lipinski definition) is 2. The van der Waals surface area contributed by atoms with Gasteiger partial charge in [-0.3, -0.25) is 14.2 Å². The van der Waals surface area contributed by atoms with E-state index in [-0.39, 0.29) is 5.91 Å². The molecule has 1 amide bonds. The van der Waals surface area contributed by atoms with Gasteiger partial charge in [-0.1, -0.05) is 12.1 Å². The van der Waals surface area contributed by atoms with Gasteiger partial charge in [0, 0.05) is 36.7 Å². The number of aromatic nitrogens is 6. The molecule has 5 aromatic heterocycles. The first-order chi connectivity index (χ1) is 18.6. The van der Waals surface area contributed by atoms with Crippen LogP contribution in [0.3, 0.4) is 0 Å². The number of carbonyl (C=O) groups is 2. The topological polar surface area (TPSA) is 127 Å². The maximum atomic E-state index is 12.9. The number of alkyl halides is 3. The molecule has 0 spiro atoms. The number of halogens is 3. The second-order valence-corrected chi connectivity index (χ2v) is 9.26. The second-order valence-electron chi connectivity index (χ2n) is 8.20. The molecule has 0 radical (unpaired) electrons. The molecule has 10 nitrogen and oxygen atoms in total. The number of carbonyl (C=O) groups excluding carboxylic acids is 1. The van der Waals surface area contributed by atoms with Crippen molar-refractivity contribution in [2.45, 2.75) is 26.1 Å². The van der Waals surface area contributed by atoms with Crippen LogP contribution in [-0.2, 0) is 17.8 Å². The summed E-state index contributed by atoms with van der Waals surface area (Å²) < 4.78 is 35.6. The van der Waals surface area contributed by atoms with Crippen molar-refractivity contribution < 1.29 is 27.9 Å². The molecule has 2 N–H and O–H groups in total. The molecular weight excluding hydrogens is 535 g/mol. The van der Waals surface area contributed by atoms with Crippen LogP contribution >= 0.6 is 11.3 Å². The lowest BCUT2D eigenvalue weighted by molar-refractivity contribution is -0.192. The molecule has 0 aliphatic carbocycles. The number of amides is 1. The highest BCUT2D eigenvalue weighted by atomic mass is 32.1. The number of aryl methyl sites for hydroxylation is 1. The van der Waals surface area contributed by atoms with Gasteiger partial charge in [-0.25, -0.2) is 19.7 Å². The number of aliphatic carboxylic acids is 1. The Hall–Kier alpha value is -4.59. The molecule has 0 unspecified atom stereocenters. The molecule has 5 aromatic rings. The summed E-state index contributed by atoms with van der Waals surface area (Å²) in [5.74, 6) is -2.33. The summed E-state index contributed by atoms with van der Waals surface area (Å²) in [6, 6.07) is 9.59. The number of imidazole rings is 2. The fraction of sp³-hybridized carbons (Fsp3) is 0.200. The largest absolute Gasteiger partial charge is 0.490 e. The summed E-state index contributed by atoms with van der Waals surface area (Å²) in [5, 5.41) is 13.2. The van der Waals surface area contributed by atoms with Crippen LogP contribution in [0.25, 0.3) is 17.0 Å². The van der Waals surface area contributed by atoms with Crippen molar-refractivity contribution in [1.29, 1.82) is 0 Å². The Balaban J connectivity index is 0.000000448. The number of nitrogens with one attached hydrogen (secondary N) is 1. The molecule has 5 rings (SSSR count). The molecule has 39 heavy (non-hydrogen) atoms. The minimum atomic E-state index is -5.08. The van der Waals surface area contributed by atoms with Crippen LogP contribution in [-0.4, -0.2) is 58.6 Å². The number of carboxylic acid groups (broad SMARTS) is 1. The monoisotopic (exact) mass is 557 g/mol. The number of carboxylic acids is 1. The molecule has 0 saturated heterocycles. The zero-order valence-electron chi connectivity index (χ0n) is 20.5. The van der Waals surface area contributed by atoms with Crippen molar-refractivity contribution in [3.63, 3.8) is 0 Å². The molecule has 0 bridgehead atoms. The number of thiazole rings is 1. The molecule has 0 aliphatic heterocycles. The number of pyridine rings is 2. The third kappa shape index (κ3) is 7.04. The second kappa shape index (κ2) is 11.9. The summed E-state index contributed by atoms with van der Waals surface area (Å²) in [5.41, 5.74) is 3.90. The van der Waals surface area contributed by atoms with Gasteiger partial charge in [0.15, 0.2) is 11.5 Å². The fourth-order valence-electron chi connectivity index (χ4n) is 3.57. The van der Waals surface area contributed by atoms with Gasteiger partial charge in [-0.15, -0.1) is 11.3 Å². The zero-order valence-corrected chi connectivity index (χ0v) is 21.3. The van der Waals surface area contributed by atoms with Gasteiger partial charge in [-0.2, -0.15) is 13.2 Å². The van der Waals surface area contributed by atoms with E-state index in [2.05, 4.69) is 25.3 Å². The fourth-order valence-corrected chi connectivity index (χ4v) is 4.17. The maximum absolute atomic E-state index is 12.9. The van der Waals surface area contributed by atoms with E-state index in [0.717, 1.165) is 21.8 Å². The van der Waals surface area contributed by atoms with Gasteiger partial charge in [0.05, 0.1) is 29.1 Å². The molecule has 0 aliphatic rings. The van der Waals surface area contributed by atoms with Gasteiger partial charge < -0.3 is 15.0 Å². The van der Waals surface area contributed by atoms with E-state index >= 15 is 0 Å². The zero-order chi connectivity index (χ0) is 28.0. The summed E-state index contributed by atoms with van der Waals surface area (Å²) in [4.78, 5) is 39.6. The smallest absolute Gasteiger partial charge is 0.475 e. The van der Waals surface area contributed by atoms with Crippen molar-refractivity contribution in [3.05, 3.63) is 88.8 Å². The Labute approximate surface area is 223 Å². The lowest BCUT2D eigenvalue weighted by Gasteiger charge is -2.03. The molecule has 0 atom stereocenters. The van der Waals surface area contributed by atoms with E-state index < -0.39 is 12.1 Å². The van der Waals surface area contributed by atoms with Crippen LogP contribution < -0.4 is 5.32 Å². The summed E-state index contributed by atoms with van der Waals surface area (Å²) in [6.07, 6.45) is 4.76. The van der Waals surface area contributed by atoms with Crippen LogP contribution in [0.15, 0.2) is 66.8 Å². The van der Waals surface area contributed by atoms with Crippen LogP contribution in [0.4, 0.5) is 13.2 Å². The van der Waals surface area contributed by atoms with Crippen molar-refractivity contribution >= 4 is 28.7 Å². The SMILES string of the molecule is Cc1nc(Cn2cnc(-c3nc(C(=O)NCCc4cccnc4)c4ccccn34)c2)cs1.O=C(O)C(F)(F)F. The number of hydrogen-bond acceptors (Lipinski definition) is 7. The van der Waals surface area contributed by atoms with Crippen molar-refractivity contribution in [2.75, 3.05) is 6.54 Å². The van der Waals surface area contributed by atoms with E-state index in [0.29, 0.717) is 36.7 Å². The van der Waals surface area contributed by atoms with E-state index in [9.17, 15) is 18.0 Å². The number of rotatable bonds is 7. The number of nitrogens with zero attached hydrogens (tertiary/aromatic N) is 6. The first-order valence-corrected chi connectivity index (χ1v) is 12.4. The Bertz CT molecular complexity index is 1580. The quantitative estimate of drug-likeness (QED) is 0.310. The summed E-state index contributed by atoms with van der Waals surface area (Å²) in [7, 11) is 0. The van der Waals surface area contributed by atoms with Gasteiger partial charge in [-0.05, 0) is 37.1 Å². The van der Waals surface area contributed by atoms with E-state index in [1.807, 2.05) is 64.0 Å². The predicted octanol–water partition coefficient (Wildman–Crippen LogP) is 4.01. The van der Waals surface area contributed by atoms with Crippen molar-refractivity contribution in [1.82, 2.24) is 34.2 Å². The standard InChI is InChI=1S/C23H21N7OS.C2HF3O2/c1-16-27-18(14-32-16)12-29-13-19(26-15-29)22-28-21(20-6-2-3-10-30(20)22)23(31)25-9-7-17-5-4-8-24-11-17;3-2(4,5)1(6)7/h2-6,8,10-11,13-15H,7,9,12H2,1H3,(H,25,31);(H,6,7). The van der Waals surface area contributed by atoms with Crippen molar-refractivity contribution in [2.24, 2.45) is 0 Å². The Kier molecular flexibility index (Phi) is 8.34. The molecule has 0 saturated carbocycles. The average molecular weight is 558 g/mol. The Morgan fingerprint density at radius 3 is 2.62 bits per heavy atom. The van der Waals surface area contributed by atoms with E-state index in [1.54, 1.807) is 30.1 Å². The third-order valence-corrected chi connectivity index (χ3v) is 6.12. The highest BCUT2D eigenvalue weighted by Gasteiger charge is 2.38. The molecule has 0 fully saturated rings. The average Bonchev–Trinajstić information content (AvgIpc) is 3.63. The van der Waals surface area contributed by atoms with Crippen LogP contribution in [0, 0.1) is 6.92 Å². The summed E-state index contributed by atoms with van der Waals surface area (Å²) in [6.45, 7) is 3.14. The molecular formula is C25H22F3N7O3S. The van der Waals surface area contributed by atoms with Gasteiger partial charge in [0.2, 0.25) is 0 Å². The Morgan fingerprint density at radius 1 is 1.15 bits per heavy atom. The lowest BCUT2D eigenvalue weighted by atomic mass is 10.2. The van der Waals surface area contributed by atoms with Gasteiger partial charge in [0.25, 0.3) is 5.91 Å². The summed E-state index contributed by atoms with van der Waals surface area (Å²) >= 11 is 1.63. The molecule has 202 valence electrons. The first kappa shape index (κ1) is 27.4. The molecule has 5 heterocycles. The van der Waals surface area contributed by atoms with Crippen molar-refractivity contribution in [3.8, 4) is 11.5 Å². The highest BCUT2D eigenvalue weighted by Crippen LogP contribution is 2.22. The van der Waals surface area contributed by atoms with Gasteiger partial charge in [0.1, 0.15) is 5.69 Å². The normalized spacial score (nSPS) is 11.2.